The number of non-ortho nitro benzene ring substituents is 1. The number of amides is 1. The molecule has 2 aromatic carbocycles. The minimum atomic E-state index is -0.499. The van der Waals surface area contributed by atoms with Crippen molar-refractivity contribution in [3.63, 3.8) is 0 Å². The maximum Gasteiger partial charge on any atom is 0.270 e. The van der Waals surface area contributed by atoms with E-state index in [2.05, 4.69) is 0 Å². The molecule has 1 aliphatic heterocycles. The second-order valence-electron chi connectivity index (χ2n) is 7.15. The monoisotopic (exact) mass is 381 g/mol. The van der Waals surface area contributed by atoms with Crippen molar-refractivity contribution < 1.29 is 14.5 Å². The van der Waals surface area contributed by atoms with Crippen molar-refractivity contribution >= 4 is 23.1 Å². The third-order valence-corrected chi connectivity index (χ3v) is 5.11. The van der Waals surface area contributed by atoms with Crippen LogP contribution in [0.3, 0.4) is 0 Å². The third kappa shape index (κ3) is 4.03. The molecule has 1 heterocycles. The third-order valence-electron chi connectivity index (χ3n) is 5.11. The highest BCUT2D eigenvalue weighted by Crippen LogP contribution is 2.28. The van der Waals surface area contributed by atoms with Gasteiger partial charge in [0.2, 0.25) is 0 Å². The number of carbonyl (C=O) groups is 2. The molecule has 0 aromatic heterocycles. The van der Waals surface area contributed by atoms with Crippen LogP contribution in [0.1, 0.15) is 33.6 Å². The quantitative estimate of drug-likeness (QED) is 0.450. The molecule has 3 rings (SSSR count). The zero-order valence-corrected chi connectivity index (χ0v) is 16.0. The average Bonchev–Trinajstić information content (AvgIpc) is 2.72. The van der Waals surface area contributed by atoms with Gasteiger partial charge in [-0.1, -0.05) is 30.3 Å². The lowest BCUT2D eigenvalue weighted by atomic mass is 9.88. The minimum absolute atomic E-state index is 0.107. The molecule has 0 radical (unpaired) electrons. The standard InChI is InChI=1S/C21H23N3O4/c1-22(2)19-9-8-17(24(27)28)14-18(19)21(26)23-12-10-16(11-13-23)20(25)15-6-4-3-5-7-15/h3-9,14,16H,10-13H2,1-2H3. The van der Waals surface area contributed by atoms with E-state index in [1.807, 2.05) is 30.3 Å². The second-order valence-corrected chi connectivity index (χ2v) is 7.15. The number of rotatable bonds is 5. The van der Waals surface area contributed by atoms with Crippen LogP contribution in [0.4, 0.5) is 11.4 Å². The van der Waals surface area contributed by atoms with Gasteiger partial charge < -0.3 is 9.80 Å². The van der Waals surface area contributed by atoms with Crippen LogP contribution in [-0.4, -0.2) is 48.7 Å². The van der Waals surface area contributed by atoms with Gasteiger partial charge in [-0.25, -0.2) is 0 Å². The number of benzene rings is 2. The number of ketones is 1. The van der Waals surface area contributed by atoms with E-state index in [1.165, 1.54) is 12.1 Å². The number of nitro groups is 1. The van der Waals surface area contributed by atoms with Gasteiger partial charge in [-0.3, -0.25) is 19.7 Å². The fourth-order valence-corrected chi connectivity index (χ4v) is 3.55. The molecular formula is C21H23N3O4. The maximum absolute atomic E-state index is 13.0. The highest BCUT2D eigenvalue weighted by molar-refractivity contribution is 6.01. The van der Waals surface area contributed by atoms with Gasteiger partial charge >= 0.3 is 0 Å². The molecule has 7 nitrogen and oxygen atoms in total. The molecule has 0 saturated carbocycles. The summed E-state index contributed by atoms with van der Waals surface area (Å²) in [4.78, 5) is 39.7. The Kier molecular flexibility index (Phi) is 5.73. The molecule has 1 fully saturated rings. The van der Waals surface area contributed by atoms with Gasteiger partial charge in [-0.15, -0.1) is 0 Å². The van der Waals surface area contributed by atoms with Crippen molar-refractivity contribution in [3.8, 4) is 0 Å². The van der Waals surface area contributed by atoms with Gasteiger partial charge in [0.05, 0.1) is 10.5 Å². The molecule has 0 bridgehead atoms. The zero-order valence-electron chi connectivity index (χ0n) is 16.0. The number of carbonyl (C=O) groups excluding carboxylic acids is 2. The second kappa shape index (κ2) is 8.21. The molecule has 1 amide bonds. The summed E-state index contributed by atoms with van der Waals surface area (Å²) in [6, 6.07) is 13.5. The lowest BCUT2D eigenvalue weighted by Gasteiger charge is -2.32. The Morgan fingerprint density at radius 3 is 2.29 bits per heavy atom. The molecule has 146 valence electrons. The molecule has 1 aliphatic rings. The predicted octanol–water partition coefficient (Wildman–Crippen LogP) is 3.40. The van der Waals surface area contributed by atoms with Gasteiger partial charge in [-0.2, -0.15) is 0 Å². The largest absolute Gasteiger partial charge is 0.377 e. The van der Waals surface area contributed by atoms with Crippen molar-refractivity contribution in [2.45, 2.75) is 12.8 Å². The van der Waals surface area contributed by atoms with Crippen LogP contribution in [0.25, 0.3) is 0 Å². The zero-order chi connectivity index (χ0) is 20.3. The van der Waals surface area contributed by atoms with E-state index in [0.29, 0.717) is 42.7 Å². The van der Waals surface area contributed by atoms with Crippen molar-refractivity contribution in [2.75, 3.05) is 32.1 Å². The molecule has 0 aliphatic carbocycles. The predicted molar refractivity (Wildman–Crippen MR) is 107 cm³/mol. The smallest absolute Gasteiger partial charge is 0.270 e. The van der Waals surface area contributed by atoms with Gasteiger partial charge in [-0.05, 0) is 18.9 Å². The molecule has 0 atom stereocenters. The van der Waals surface area contributed by atoms with Crippen LogP contribution >= 0.6 is 0 Å². The average molecular weight is 381 g/mol. The summed E-state index contributed by atoms with van der Waals surface area (Å²) >= 11 is 0. The first-order valence-electron chi connectivity index (χ1n) is 9.22. The molecule has 0 spiro atoms. The van der Waals surface area contributed by atoms with Crippen molar-refractivity contribution in [2.24, 2.45) is 5.92 Å². The Morgan fingerprint density at radius 2 is 1.71 bits per heavy atom. The Balaban J connectivity index is 1.74. The summed E-state index contributed by atoms with van der Waals surface area (Å²) in [5, 5.41) is 11.1. The minimum Gasteiger partial charge on any atom is -0.377 e. The van der Waals surface area contributed by atoms with Gasteiger partial charge in [0.25, 0.3) is 11.6 Å². The Bertz CT molecular complexity index is 888. The molecule has 2 aromatic rings. The first-order valence-corrected chi connectivity index (χ1v) is 9.22. The van der Waals surface area contributed by atoms with Crippen molar-refractivity contribution in [3.05, 3.63) is 69.8 Å². The van der Waals surface area contributed by atoms with E-state index in [-0.39, 0.29) is 23.3 Å². The van der Waals surface area contributed by atoms with E-state index in [0.717, 1.165) is 0 Å². The van der Waals surface area contributed by atoms with Crippen LogP contribution < -0.4 is 4.90 Å². The molecule has 0 unspecified atom stereocenters. The number of anilines is 1. The highest BCUT2D eigenvalue weighted by Gasteiger charge is 2.30. The van der Waals surface area contributed by atoms with Crippen LogP contribution in [-0.2, 0) is 0 Å². The number of piperidine rings is 1. The number of likely N-dealkylation sites (tertiary alicyclic amines) is 1. The van der Waals surface area contributed by atoms with E-state index in [9.17, 15) is 19.7 Å². The fourth-order valence-electron chi connectivity index (χ4n) is 3.55. The van der Waals surface area contributed by atoms with E-state index in [4.69, 9.17) is 0 Å². The maximum atomic E-state index is 13.0. The first-order chi connectivity index (χ1) is 13.4. The van der Waals surface area contributed by atoms with Gasteiger partial charge in [0.15, 0.2) is 5.78 Å². The van der Waals surface area contributed by atoms with Crippen LogP contribution in [0.2, 0.25) is 0 Å². The van der Waals surface area contributed by atoms with Crippen LogP contribution in [0.15, 0.2) is 48.5 Å². The summed E-state index contributed by atoms with van der Waals surface area (Å²) in [5.74, 6) is -0.236. The summed E-state index contributed by atoms with van der Waals surface area (Å²) in [5.41, 5.74) is 1.54. The fraction of sp³-hybridized carbons (Fsp3) is 0.333. The topological polar surface area (TPSA) is 83.8 Å². The molecular weight excluding hydrogens is 358 g/mol. The summed E-state index contributed by atoms with van der Waals surface area (Å²) < 4.78 is 0. The summed E-state index contributed by atoms with van der Waals surface area (Å²) in [6.07, 6.45) is 1.18. The number of nitrogens with zero attached hydrogens (tertiary/aromatic N) is 3. The molecule has 28 heavy (non-hydrogen) atoms. The summed E-state index contributed by atoms with van der Waals surface area (Å²) in [7, 11) is 3.59. The lowest BCUT2D eigenvalue weighted by molar-refractivity contribution is -0.384. The van der Waals surface area contributed by atoms with Gasteiger partial charge in [0, 0.05) is 56.5 Å². The SMILES string of the molecule is CN(C)c1ccc([N+](=O)[O-])cc1C(=O)N1CCC(C(=O)c2ccccc2)CC1. The highest BCUT2D eigenvalue weighted by atomic mass is 16.6. The van der Waals surface area contributed by atoms with Gasteiger partial charge in [0.1, 0.15) is 0 Å². The van der Waals surface area contributed by atoms with Crippen LogP contribution in [0, 0.1) is 16.0 Å². The Morgan fingerprint density at radius 1 is 1.07 bits per heavy atom. The summed E-state index contributed by atoms with van der Waals surface area (Å²) in [6.45, 7) is 0.912. The van der Waals surface area contributed by atoms with Crippen LogP contribution in [0.5, 0.6) is 0 Å². The Labute approximate surface area is 163 Å². The molecule has 1 saturated heterocycles. The number of hydrogen-bond donors (Lipinski definition) is 0. The number of Topliss-reactive ketones (excluding diaryl/α,β-unsaturated/α-hetero) is 1. The normalized spacial score (nSPS) is 14.6. The van der Waals surface area contributed by atoms with Crippen molar-refractivity contribution in [1.82, 2.24) is 4.90 Å². The molecule has 0 N–H and O–H groups in total. The van der Waals surface area contributed by atoms with E-state index < -0.39 is 4.92 Å². The molecule has 7 heteroatoms. The van der Waals surface area contributed by atoms with E-state index in [1.54, 1.807) is 30.0 Å². The van der Waals surface area contributed by atoms with Crippen molar-refractivity contribution in [1.29, 1.82) is 0 Å². The Hall–Kier alpha value is -3.22. The van der Waals surface area contributed by atoms with E-state index >= 15 is 0 Å². The lowest BCUT2D eigenvalue weighted by Crippen LogP contribution is -2.40. The first kappa shape index (κ1) is 19.5. The number of nitro benzene ring substituents is 1. The number of hydrogen-bond acceptors (Lipinski definition) is 5.